The summed E-state index contributed by atoms with van der Waals surface area (Å²) in [7, 11) is 0. The normalized spacial score (nSPS) is 11.0. The van der Waals surface area contributed by atoms with Crippen molar-refractivity contribution in [2.45, 2.75) is 13.8 Å². The third-order valence-electron chi connectivity index (χ3n) is 3.35. The van der Waals surface area contributed by atoms with E-state index in [2.05, 4.69) is 31.1 Å². The van der Waals surface area contributed by atoms with Crippen molar-refractivity contribution in [3.8, 4) is 5.82 Å². The molecular formula is C15H12BrClN4O2. The van der Waals surface area contributed by atoms with Crippen LogP contribution < -0.4 is 0 Å². The van der Waals surface area contributed by atoms with Crippen molar-refractivity contribution in [3.05, 3.63) is 45.3 Å². The number of pyridine rings is 1. The van der Waals surface area contributed by atoms with E-state index in [4.69, 9.17) is 16.3 Å². The second-order valence-electron chi connectivity index (χ2n) is 4.76. The van der Waals surface area contributed by atoms with Gasteiger partial charge in [-0.25, -0.2) is 9.78 Å². The van der Waals surface area contributed by atoms with Crippen LogP contribution in [0.1, 0.15) is 23.0 Å². The van der Waals surface area contributed by atoms with Crippen molar-refractivity contribution in [2.24, 2.45) is 0 Å². The molecule has 0 aliphatic heterocycles. The van der Waals surface area contributed by atoms with Gasteiger partial charge in [0.05, 0.1) is 11.1 Å². The summed E-state index contributed by atoms with van der Waals surface area (Å²) >= 11 is 9.32. The molecule has 0 unspecified atom stereocenters. The Bertz CT molecular complexity index is 910. The minimum absolute atomic E-state index is 0.213. The molecule has 0 atom stereocenters. The number of rotatable bonds is 3. The van der Waals surface area contributed by atoms with Gasteiger partial charge in [0.25, 0.3) is 0 Å². The second kappa shape index (κ2) is 6.25. The third kappa shape index (κ3) is 2.82. The zero-order valence-electron chi connectivity index (χ0n) is 12.4. The molecule has 118 valence electrons. The topological polar surface area (TPSA) is 69.9 Å². The first-order valence-electron chi connectivity index (χ1n) is 6.86. The van der Waals surface area contributed by atoms with Crippen LogP contribution >= 0.6 is 27.5 Å². The van der Waals surface area contributed by atoms with E-state index in [9.17, 15) is 4.79 Å². The number of esters is 1. The van der Waals surface area contributed by atoms with Crippen LogP contribution in [0.3, 0.4) is 0 Å². The summed E-state index contributed by atoms with van der Waals surface area (Å²) in [6.07, 6.45) is 1.81. The van der Waals surface area contributed by atoms with Crippen LogP contribution in [-0.4, -0.2) is 32.3 Å². The molecule has 3 rings (SSSR count). The molecule has 0 amide bonds. The lowest BCUT2D eigenvalue weighted by Crippen LogP contribution is -2.10. The van der Waals surface area contributed by atoms with Crippen molar-refractivity contribution < 1.29 is 9.53 Å². The fourth-order valence-corrected chi connectivity index (χ4v) is 2.71. The first-order valence-corrected chi connectivity index (χ1v) is 8.04. The van der Waals surface area contributed by atoms with Gasteiger partial charge in [-0.1, -0.05) is 11.6 Å². The second-order valence-corrected chi connectivity index (χ2v) is 5.97. The molecule has 0 radical (unpaired) electrons. The molecule has 0 saturated heterocycles. The summed E-state index contributed by atoms with van der Waals surface area (Å²) in [6.45, 7) is 3.91. The molecule has 0 saturated carbocycles. The van der Waals surface area contributed by atoms with Crippen molar-refractivity contribution in [1.29, 1.82) is 0 Å². The van der Waals surface area contributed by atoms with Crippen LogP contribution in [0.2, 0.25) is 5.15 Å². The molecule has 23 heavy (non-hydrogen) atoms. The summed E-state index contributed by atoms with van der Waals surface area (Å²) < 4.78 is 7.34. The van der Waals surface area contributed by atoms with E-state index in [1.54, 1.807) is 23.6 Å². The largest absolute Gasteiger partial charge is 0.461 e. The van der Waals surface area contributed by atoms with Gasteiger partial charge in [-0.3, -0.25) is 4.57 Å². The van der Waals surface area contributed by atoms with E-state index >= 15 is 0 Å². The number of aromatic nitrogens is 4. The predicted octanol–water partition coefficient (Wildman–Crippen LogP) is 3.72. The van der Waals surface area contributed by atoms with Crippen molar-refractivity contribution in [1.82, 2.24) is 19.7 Å². The molecule has 0 N–H and O–H groups in total. The number of nitrogens with zero attached hydrogens (tertiary/aromatic N) is 4. The molecule has 0 spiro atoms. The number of hydrogen-bond donors (Lipinski definition) is 0. The smallest absolute Gasteiger partial charge is 0.358 e. The van der Waals surface area contributed by atoms with Crippen LogP contribution in [-0.2, 0) is 4.74 Å². The highest BCUT2D eigenvalue weighted by atomic mass is 79.9. The first-order chi connectivity index (χ1) is 11.0. The number of hydrogen-bond acceptors (Lipinski definition) is 5. The Kier molecular flexibility index (Phi) is 4.32. The van der Waals surface area contributed by atoms with E-state index < -0.39 is 5.97 Å². The zero-order chi connectivity index (χ0) is 16.6. The van der Waals surface area contributed by atoms with E-state index in [1.165, 1.54) is 0 Å². The molecule has 8 heteroatoms. The van der Waals surface area contributed by atoms with Crippen LogP contribution in [0, 0.1) is 6.92 Å². The molecule has 3 heterocycles. The molecule has 0 aromatic carbocycles. The monoisotopic (exact) mass is 394 g/mol. The minimum atomic E-state index is -0.483. The van der Waals surface area contributed by atoms with Gasteiger partial charge < -0.3 is 4.74 Å². The van der Waals surface area contributed by atoms with Crippen molar-refractivity contribution in [3.63, 3.8) is 0 Å². The molecule has 6 nitrogen and oxygen atoms in total. The number of carbonyl (C=O) groups excluding carboxylic acids is 1. The lowest BCUT2D eigenvalue weighted by molar-refractivity contribution is 0.0518. The predicted molar refractivity (Wildman–Crippen MR) is 90.1 cm³/mol. The average molecular weight is 396 g/mol. The van der Waals surface area contributed by atoms with Gasteiger partial charge in [-0.15, -0.1) is 10.2 Å². The lowest BCUT2D eigenvalue weighted by Gasteiger charge is -2.08. The molecule has 0 fully saturated rings. The zero-order valence-corrected chi connectivity index (χ0v) is 14.7. The highest BCUT2D eigenvalue weighted by molar-refractivity contribution is 9.10. The maximum atomic E-state index is 12.0. The first kappa shape index (κ1) is 15.9. The van der Waals surface area contributed by atoms with Crippen molar-refractivity contribution in [2.75, 3.05) is 6.61 Å². The van der Waals surface area contributed by atoms with E-state index in [0.29, 0.717) is 21.1 Å². The average Bonchev–Trinajstić information content (AvgIpc) is 2.96. The van der Waals surface area contributed by atoms with E-state index in [1.807, 2.05) is 19.2 Å². The van der Waals surface area contributed by atoms with Crippen LogP contribution in [0.15, 0.2) is 28.9 Å². The Balaban J connectivity index is 2.14. The number of carbonyl (C=O) groups is 1. The number of aryl methyl sites for hydroxylation is 1. The minimum Gasteiger partial charge on any atom is -0.461 e. The molecule has 0 bridgehead atoms. The maximum Gasteiger partial charge on any atom is 0.358 e. The summed E-state index contributed by atoms with van der Waals surface area (Å²) in [5.41, 5.74) is 1.68. The summed E-state index contributed by atoms with van der Waals surface area (Å²) in [6, 6.07) is 5.41. The molecule has 3 aromatic rings. The SMILES string of the molecule is CCOC(=O)c1nc(-n2ccc3c(C)c(Cl)nnc32)ccc1Br. The van der Waals surface area contributed by atoms with Gasteiger partial charge in [0.1, 0.15) is 5.82 Å². The summed E-state index contributed by atoms with van der Waals surface area (Å²) in [5.74, 6) is 0.0604. The molecule has 0 aliphatic rings. The van der Waals surface area contributed by atoms with E-state index in [0.717, 1.165) is 10.9 Å². The highest BCUT2D eigenvalue weighted by Gasteiger charge is 2.16. The number of fused-ring (bicyclic) bond motifs is 1. The Morgan fingerprint density at radius 2 is 2.13 bits per heavy atom. The van der Waals surface area contributed by atoms with Gasteiger partial charge in [0.15, 0.2) is 16.5 Å². The van der Waals surface area contributed by atoms with Gasteiger partial charge >= 0.3 is 5.97 Å². The fraction of sp³-hybridized carbons (Fsp3) is 0.200. The van der Waals surface area contributed by atoms with E-state index in [-0.39, 0.29) is 12.3 Å². The quantitative estimate of drug-likeness (QED) is 0.632. The standard InChI is InChI=1S/C15H12BrClN4O2/c1-3-23-15(22)12-10(16)4-5-11(18-12)21-7-6-9-8(2)13(17)19-20-14(9)21/h4-7H,3H2,1-2H3. The highest BCUT2D eigenvalue weighted by Crippen LogP contribution is 2.25. The Hall–Kier alpha value is -1.99. The van der Waals surface area contributed by atoms with Crippen molar-refractivity contribution >= 4 is 44.5 Å². The Labute approximate surface area is 145 Å². The van der Waals surface area contributed by atoms with Gasteiger partial charge in [-0.2, -0.15) is 0 Å². The maximum absolute atomic E-state index is 12.0. The molecule has 0 aliphatic carbocycles. The van der Waals surface area contributed by atoms with Gasteiger partial charge in [-0.05, 0) is 53.5 Å². The number of halogens is 2. The summed E-state index contributed by atoms with van der Waals surface area (Å²) in [5, 5.41) is 9.31. The van der Waals surface area contributed by atoms with Gasteiger partial charge in [0, 0.05) is 11.6 Å². The van der Waals surface area contributed by atoms with Gasteiger partial charge in [0.2, 0.25) is 0 Å². The lowest BCUT2D eigenvalue weighted by atomic mass is 10.2. The van der Waals surface area contributed by atoms with Crippen LogP contribution in [0.4, 0.5) is 0 Å². The number of ether oxygens (including phenoxy) is 1. The third-order valence-corrected chi connectivity index (χ3v) is 4.35. The fourth-order valence-electron chi connectivity index (χ4n) is 2.19. The molecular weight excluding hydrogens is 384 g/mol. The Morgan fingerprint density at radius 1 is 1.35 bits per heavy atom. The van der Waals surface area contributed by atoms with Crippen LogP contribution in [0.5, 0.6) is 0 Å². The van der Waals surface area contributed by atoms with Crippen LogP contribution in [0.25, 0.3) is 16.9 Å². The Morgan fingerprint density at radius 3 is 2.87 bits per heavy atom. The summed E-state index contributed by atoms with van der Waals surface area (Å²) in [4.78, 5) is 16.4. The molecule has 3 aromatic heterocycles.